The van der Waals surface area contributed by atoms with Gasteiger partial charge in [0.1, 0.15) is 0 Å². The summed E-state index contributed by atoms with van der Waals surface area (Å²) in [5.74, 6) is 0. The highest BCUT2D eigenvalue weighted by Gasteiger charge is 1.97. The van der Waals surface area contributed by atoms with Gasteiger partial charge in [-0.2, -0.15) is 16.6 Å². The van der Waals surface area contributed by atoms with Crippen LogP contribution >= 0.6 is 11.3 Å². The molecule has 0 atom stereocenters. The predicted octanol–water partition coefficient (Wildman–Crippen LogP) is 3.42. The number of rotatable bonds is 6. The van der Waals surface area contributed by atoms with Gasteiger partial charge in [-0.1, -0.05) is 12.1 Å². The topological polar surface area (TPSA) is 33.0 Å². The zero-order valence-electron chi connectivity index (χ0n) is 10.1. The van der Waals surface area contributed by atoms with E-state index in [9.17, 15) is 0 Å². The number of nitrogens with zero attached hydrogens (tertiary/aromatic N) is 1. The summed E-state index contributed by atoms with van der Waals surface area (Å²) in [6.45, 7) is 1.47. The van der Waals surface area contributed by atoms with E-state index in [1.807, 2.05) is 24.3 Å². The molecule has 2 rings (SSSR count). The summed E-state index contributed by atoms with van der Waals surface area (Å²) in [4.78, 5) is 0. The Labute approximate surface area is 111 Å². The van der Waals surface area contributed by atoms with Gasteiger partial charge in [0.2, 0.25) is 0 Å². The Morgan fingerprint density at radius 3 is 2.67 bits per heavy atom. The highest BCUT2D eigenvalue weighted by atomic mass is 32.1. The van der Waals surface area contributed by atoms with Crippen LogP contribution in [0.3, 0.4) is 0 Å². The first-order chi connectivity index (χ1) is 8.88. The second kappa shape index (κ2) is 6.95. The lowest BCUT2D eigenvalue weighted by atomic mass is 10.1. The Hall–Kier alpha value is -1.63. The van der Waals surface area contributed by atoms with Crippen molar-refractivity contribution >= 4 is 11.3 Å². The number of hydrogen-bond acceptors (Lipinski definition) is 3. The molecule has 0 aliphatic heterocycles. The maximum absolute atomic E-state index is 8.80. The molecule has 0 N–H and O–H groups in total. The van der Waals surface area contributed by atoms with Crippen molar-refractivity contribution in [2.45, 2.75) is 12.8 Å². The Bertz CT molecular complexity index is 514. The van der Waals surface area contributed by atoms with Crippen LogP contribution in [0.4, 0.5) is 0 Å². The molecule has 92 valence electrons. The van der Waals surface area contributed by atoms with E-state index in [4.69, 9.17) is 10.00 Å². The molecule has 0 saturated heterocycles. The van der Waals surface area contributed by atoms with E-state index < -0.39 is 0 Å². The summed E-state index contributed by atoms with van der Waals surface area (Å²) in [7, 11) is 0. The third-order valence-corrected chi connectivity index (χ3v) is 3.44. The van der Waals surface area contributed by atoms with Gasteiger partial charge in [-0.05, 0) is 52.9 Å². The average Bonchev–Trinajstić information content (AvgIpc) is 2.92. The number of benzene rings is 1. The van der Waals surface area contributed by atoms with E-state index in [2.05, 4.69) is 22.9 Å². The molecular weight excluding hydrogens is 242 g/mol. The zero-order valence-corrected chi connectivity index (χ0v) is 11.0. The molecule has 1 aromatic heterocycles. The molecule has 0 bridgehead atoms. The van der Waals surface area contributed by atoms with Gasteiger partial charge < -0.3 is 4.74 Å². The molecule has 0 spiro atoms. The lowest BCUT2D eigenvalue weighted by Gasteiger charge is -2.04. The van der Waals surface area contributed by atoms with Crippen LogP contribution < -0.4 is 0 Å². The Balaban J connectivity index is 1.67. The molecule has 0 saturated carbocycles. The van der Waals surface area contributed by atoms with Crippen molar-refractivity contribution in [1.82, 2.24) is 0 Å². The molecule has 0 unspecified atom stereocenters. The molecule has 1 aromatic carbocycles. The van der Waals surface area contributed by atoms with Crippen LogP contribution in [0, 0.1) is 11.3 Å². The van der Waals surface area contributed by atoms with Crippen molar-refractivity contribution in [3.8, 4) is 6.07 Å². The van der Waals surface area contributed by atoms with Crippen molar-refractivity contribution in [1.29, 1.82) is 5.26 Å². The molecule has 2 aromatic rings. The summed E-state index contributed by atoms with van der Waals surface area (Å²) in [6.07, 6.45) is 1.83. The normalized spacial score (nSPS) is 10.2. The van der Waals surface area contributed by atoms with E-state index in [1.165, 1.54) is 5.56 Å². The van der Waals surface area contributed by atoms with Crippen molar-refractivity contribution in [3.63, 3.8) is 0 Å². The quantitative estimate of drug-likeness (QED) is 0.743. The van der Waals surface area contributed by atoms with Gasteiger partial charge >= 0.3 is 0 Å². The van der Waals surface area contributed by atoms with Crippen LogP contribution in [0.1, 0.15) is 16.7 Å². The van der Waals surface area contributed by atoms with Crippen molar-refractivity contribution in [2.24, 2.45) is 0 Å². The second-order valence-electron chi connectivity index (χ2n) is 4.06. The first kappa shape index (κ1) is 12.8. The third kappa shape index (κ3) is 3.99. The van der Waals surface area contributed by atoms with Crippen LogP contribution in [0.25, 0.3) is 0 Å². The Morgan fingerprint density at radius 1 is 1.11 bits per heavy atom. The van der Waals surface area contributed by atoms with Gasteiger partial charge in [-0.25, -0.2) is 0 Å². The molecule has 0 radical (unpaired) electrons. The van der Waals surface area contributed by atoms with Crippen molar-refractivity contribution in [3.05, 3.63) is 57.8 Å². The van der Waals surface area contributed by atoms with E-state index >= 15 is 0 Å². The first-order valence-corrected chi connectivity index (χ1v) is 6.90. The van der Waals surface area contributed by atoms with E-state index in [1.54, 1.807) is 11.3 Å². The van der Waals surface area contributed by atoms with E-state index in [0.717, 1.165) is 25.0 Å². The predicted molar refractivity (Wildman–Crippen MR) is 73.7 cm³/mol. The molecule has 1 heterocycles. The van der Waals surface area contributed by atoms with Crippen molar-refractivity contribution < 1.29 is 4.74 Å². The molecule has 3 heteroatoms. The fourth-order valence-electron chi connectivity index (χ4n) is 1.71. The number of nitriles is 1. The van der Waals surface area contributed by atoms with Crippen molar-refractivity contribution in [2.75, 3.05) is 13.2 Å². The minimum Gasteiger partial charge on any atom is -0.381 e. The highest BCUT2D eigenvalue weighted by molar-refractivity contribution is 7.07. The molecule has 2 nitrogen and oxygen atoms in total. The summed E-state index contributed by atoms with van der Waals surface area (Å²) >= 11 is 1.72. The van der Waals surface area contributed by atoms with Gasteiger partial charge in [-0.15, -0.1) is 0 Å². The first-order valence-electron chi connectivity index (χ1n) is 5.96. The van der Waals surface area contributed by atoms with Crippen LogP contribution in [0.2, 0.25) is 0 Å². The molecule has 18 heavy (non-hydrogen) atoms. The van der Waals surface area contributed by atoms with Gasteiger partial charge in [-0.3, -0.25) is 0 Å². The van der Waals surface area contributed by atoms with Gasteiger partial charge in [0.15, 0.2) is 0 Å². The molecule has 0 amide bonds. The summed E-state index contributed by atoms with van der Waals surface area (Å²) < 4.78 is 5.61. The standard InChI is InChI=1S/C15H15NOS/c16-11-15-3-1-2-13(10-15)4-7-17-8-5-14-6-9-18-12-14/h1-3,6,9-10,12H,4-5,7-8H2. The molecule has 0 aliphatic rings. The van der Waals surface area contributed by atoms with E-state index in [0.29, 0.717) is 12.2 Å². The maximum Gasteiger partial charge on any atom is 0.0991 e. The summed E-state index contributed by atoms with van der Waals surface area (Å²) in [5.41, 5.74) is 3.21. The third-order valence-electron chi connectivity index (χ3n) is 2.71. The van der Waals surface area contributed by atoms with Crippen LogP contribution in [0.5, 0.6) is 0 Å². The van der Waals surface area contributed by atoms with Crippen LogP contribution in [-0.4, -0.2) is 13.2 Å². The fraction of sp³-hybridized carbons (Fsp3) is 0.267. The highest BCUT2D eigenvalue weighted by Crippen LogP contribution is 2.07. The number of hydrogen-bond donors (Lipinski definition) is 0. The maximum atomic E-state index is 8.80. The molecule has 0 aliphatic carbocycles. The Kier molecular flexibility index (Phi) is 4.95. The van der Waals surface area contributed by atoms with Crippen LogP contribution in [-0.2, 0) is 17.6 Å². The van der Waals surface area contributed by atoms with Gasteiger partial charge in [0.05, 0.1) is 24.8 Å². The lowest BCUT2D eigenvalue weighted by Crippen LogP contribution is -2.02. The van der Waals surface area contributed by atoms with E-state index in [-0.39, 0.29) is 0 Å². The lowest BCUT2D eigenvalue weighted by molar-refractivity contribution is 0.140. The summed E-state index contributed by atoms with van der Waals surface area (Å²) in [5, 5.41) is 13.0. The van der Waals surface area contributed by atoms with Gasteiger partial charge in [0.25, 0.3) is 0 Å². The zero-order chi connectivity index (χ0) is 12.6. The second-order valence-corrected chi connectivity index (χ2v) is 4.84. The monoisotopic (exact) mass is 257 g/mol. The van der Waals surface area contributed by atoms with Crippen LogP contribution in [0.15, 0.2) is 41.1 Å². The SMILES string of the molecule is N#Cc1cccc(CCOCCc2ccsc2)c1. The number of thiophene rings is 1. The largest absolute Gasteiger partial charge is 0.381 e. The average molecular weight is 257 g/mol. The number of ether oxygens (including phenoxy) is 1. The minimum atomic E-state index is 0.707. The van der Waals surface area contributed by atoms with Gasteiger partial charge in [0, 0.05) is 0 Å². The molecular formula is C15H15NOS. The summed E-state index contributed by atoms with van der Waals surface area (Å²) in [6, 6.07) is 12.0. The minimum absolute atomic E-state index is 0.707. The smallest absolute Gasteiger partial charge is 0.0991 e. The Morgan fingerprint density at radius 2 is 1.94 bits per heavy atom. The molecule has 0 fully saturated rings. The fourth-order valence-corrected chi connectivity index (χ4v) is 2.42.